The first kappa shape index (κ1) is 21.7. The Morgan fingerprint density at radius 1 is 1.19 bits per heavy atom. The number of aromatic nitrogens is 1. The molecule has 162 valence electrons. The van der Waals surface area contributed by atoms with Gasteiger partial charge in [0.05, 0.1) is 21.8 Å². The number of pyridine rings is 1. The highest BCUT2D eigenvalue weighted by atomic mass is 35.5. The van der Waals surface area contributed by atoms with Gasteiger partial charge in [-0.05, 0) is 48.3 Å². The molecule has 1 aromatic heterocycles. The number of ether oxygens (including phenoxy) is 1. The fourth-order valence-electron chi connectivity index (χ4n) is 3.78. The SMILES string of the molecule is C=CCNC(=O)COC(=O)c1c2c(nc3ccccc13)C(=Cc1c(F)cccc1Cl)CC2. The van der Waals surface area contributed by atoms with Crippen molar-refractivity contribution in [3.8, 4) is 0 Å². The van der Waals surface area contributed by atoms with Crippen molar-refractivity contribution in [2.45, 2.75) is 12.8 Å². The molecule has 1 N–H and O–H groups in total. The van der Waals surface area contributed by atoms with Gasteiger partial charge >= 0.3 is 5.97 Å². The van der Waals surface area contributed by atoms with Crippen molar-refractivity contribution in [1.82, 2.24) is 10.3 Å². The van der Waals surface area contributed by atoms with Crippen molar-refractivity contribution in [1.29, 1.82) is 0 Å². The summed E-state index contributed by atoms with van der Waals surface area (Å²) in [7, 11) is 0. The van der Waals surface area contributed by atoms with Crippen LogP contribution in [0.15, 0.2) is 55.1 Å². The van der Waals surface area contributed by atoms with Gasteiger partial charge in [-0.15, -0.1) is 6.58 Å². The van der Waals surface area contributed by atoms with E-state index in [-0.39, 0.29) is 12.1 Å². The Labute approximate surface area is 189 Å². The molecule has 7 heteroatoms. The maximum atomic E-state index is 14.3. The quantitative estimate of drug-likeness (QED) is 0.425. The third-order valence-electron chi connectivity index (χ3n) is 5.24. The molecule has 2 aromatic carbocycles. The summed E-state index contributed by atoms with van der Waals surface area (Å²) in [6, 6.07) is 11.8. The average Bonchev–Trinajstić information content (AvgIpc) is 3.19. The molecule has 1 aliphatic rings. The number of hydrogen-bond donors (Lipinski definition) is 1. The minimum Gasteiger partial charge on any atom is -0.452 e. The van der Waals surface area contributed by atoms with Crippen LogP contribution in [0.1, 0.15) is 33.6 Å². The van der Waals surface area contributed by atoms with Gasteiger partial charge in [0.2, 0.25) is 0 Å². The zero-order valence-corrected chi connectivity index (χ0v) is 17.9. The molecule has 0 atom stereocenters. The summed E-state index contributed by atoms with van der Waals surface area (Å²) < 4.78 is 19.6. The van der Waals surface area contributed by atoms with Crippen LogP contribution in [-0.2, 0) is 16.0 Å². The zero-order valence-electron chi connectivity index (χ0n) is 17.2. The Kier molecular flexibility index (Phi) is 6.32. The summed E-state index contributed by atoms with van der Waals surface area (Å²) in [5.74, 6) is -1.44. The summed E-state index contributed by atoms with van der Waals surface area (Å²) in [6.07, 6.45) is 4.34. The van der Waals surface area contributed by atoms with Crippen LogP contribution in [0.2, 0.25) is 5.02 Å². The molecular weight excluding hydrogens is 431 g/mol. The van der Waals surface area contributed by atoms with E-state index in [0.717, 1.165) is 11.1 Å². The largest absolute Gasteiger partial charge is 0.452 e. The highest BCUT2D eigenvalue weighted by molar-refractivity contribution is 6.32. The maximum Gasteiger partial charge on any atom is 0.339 e. The molecule has 5 nitrogen and oxygen atoms in total. The number of nitrogens with one attached hydrogen (secondary N) is 1. The van der Waals surface area contributed by atoms with E-state index in [1.54, 1.807) is 36.4 Å². The van der Waals surface area contributed by atoms with Gasteiger partial charge in [0.25, 0.3) is 5.91 Å². The molecule has 1 aliphatic carbocycles. The van der Waals surface area contributed by atoms with E-state index < -0.39 is 24.3 Å². The lowest BCUT2D eigenvalue weighted by Gasteiger charge is -2.12. The molecule has 0 aliphatic heterocycles. The second kappa shape index (κ2) is 9.32. The summed E-state index contributed by atoms with van der Waals surface area (Å²) in [5, 5.41) is 3.52. The van der Waals surface area contributed by atoms with Crippen LogP contribution >= 0.6 is 11.6 Å². The molecule has 3 aromatic rings. The van der Waals surface area contributed by atoms with Crippen LogP contribution < -0.4 is 5.32 Å². The molecule has 0 saturated heterocycles. The van der Waals surface area contributed by atoms with E-state index in [4.69, 9.17) is 21.3 Å². The number of nitrogens with zero attached hydrogens (tertiary/aromatic N) is 1. The summed E-state index contributed by atoms with van der Waals surface area (Å²) in [6.45, 7) is 3.42. The van der Waals surface area contributed by atoms with Gasteiger partial charge in [-0.25, -0.2) is 14.2 Å². The third-order valence-corrected chi connectivity index (χ3v) is 5.57. The number of rotatable bonds is 6. The molecule has 0 bridgehead atoms. The van der Waals surface area contributed by atoms with Crippen LogP contribution in [0.5, 0.6) is 0 Å². The zero-order chi connectivity index (χ0) is 22.7. The number of amides is 1. The summed E-state index contributed by atoms with van der Waals surface area (Å²) >= 11 is 6.20. The molecule has 0 unspecified atom stereocenters. The van der Waals surface area contributed by atoms with Gasteiger partial charge in [-0.3, -0.25) is 4.79 Å². The Morgan fingerprint density at radius 2 is 2.00 bits per heavy atom. The number of hydrogen-bond acceptors (Lipinski definition) is 4. The minimum atomic E-state index is -0.598. The smallest absolute Gasteiger partial charge is 0.339 e. The molecule has 32 heavy (non-hydrogen) atoms. The summed E-state index contributed by atoms with van der Waals surface area (Å²) in [4.78, 5) is 29.6. The summed E-state index contributed by atoms with van der Waals surface area (Å²) in [5.41, 5.74) is 3.41. The highest BCUT2D eigenvalue weighted by Gasteiger charge is 2.28. The van der Waals surface area contributed by atoms with Crippen LogP contribution in [0.3, 0.4) is 0 Å². The van der Waals surface area contributed by atoms with E-state index >= 15 is 0 Å². The molecule has 0 radical (unpaired) electrons. The Balaban J connectivity index is 1.75. The van der Waals surface area contributed by atoms with Gasteiger partial charge in [-0.2, -0.15) is 0 Å². The molecule has 1 heterocycles. The van der Waals surface area contributed by atoms with Crippen LogP contribution in [0.4, 0.5) is 4.39 Å². The van der Waals surface area contributed by atoms with E-state index in [0.29, 0.717) is 40.0 Å². The lowest BCUT2D eigenvalue weighted by atomic mass is 10.0. The van der Waals surface area contributed by atoms with Crippen molar-refractivity contribution >= 4 is 46.0 Å². The van der Waals surface area contributed by atoms with Crippen LogP contribution in [0.25, 0.3) is 22.6 Å². The predicted molar refractivity (Wildman–Crippen MR) is 123 cm³/mol. The van der Waals surface area contributed by atoms with Crippen LogP contribution in [0, 0.1) is 5.82 Å². The van der Waals surface area contributed by atoms with Gasteiger partial charge in [0.15, 0.2) is 6.61 Å². The van der Waals surface area contributed by atoms with Gasteiger partial charge < -0.3 is 10.1 Å². The molecule has 0 spiro atoms. The normalized spacial score (nSPS) is 13.8. The molecule has 1 amide bonds. The number of carbonyl (C=O) groups excluding carboxylic acids is 2. The first-order valence-electron chi connectivity index (χ1n) is 10.1. The van der Waals surface area contributed by atoms with Gasteiger partial charge in [0, 0.05) is 17.5 Å². The molecule has 0 saturated carbocycles. The van der Waals surface area contributed by atoms with Crippen LogP contribution in [-0.4, -0.2) is 30.0 Å². The van der Waals surface area contributed by atoms with E-state index in [1.807, 2.05) is 12.1 Å². The second-order valence-electron chi connectivity index (χ2n) is 7.30. The van der Waals surface area contributed by atoms with E-state index in [9.17, 15) is 14.0 Å². The van der Waals surface area contributed by atoms with E-state index in [1.165, 1.54) is 6.07 Å². The Morgan fingerprint density at radius 3 is 2.78 bits per heavy atom. The van der Waals surface area contributed by atoms with E-state index in [2.05, 4.69) is 11.9 Å². The molecule has 0 fully saturated rings. The minimum absolute atomic E-state index is 0.287. The average molecular weight is 451 g/mol. The number of fused-ring (bicyclic) bond motifs is 2. The topological polar surface area (TPSA) is 68.3 Å². The number of halogens is 2. The van der Waals surface area contributed by atoms with Crippen molar-refractivity contribution < 1.29 is 18.7 Å². The van der Waals surface area contributed by atoms with Crippen molar-refractivity contribution in [2.75, 3.05) is 13.2 Å². The third kappa shape index (κ3) is 4.27. The molecular formula is C25H20ClFN2O3. The monoisotopic (exact) mass is 450 g/mol. The second-order valence-corrected chi connectivity index (χ2v) is 7.71. The predicted octanol–water partition coefficient (Wildman–Crippen LogP) is 4.97. The fraction of sp³-hybridized carbons (Fsp3) is 0.160. The Bertz CT molecular complexity index is 1250. The first-order chi connectivity index (χ1) is 15.5. The standard InChI is InChI=1S/C25H20ClFN2O3/c1-2-12-28-22(30)14-32-25(31)23-16-6-3-4-9-21(16)29-24-15(10-11-17(23)24)13-18-19(26)7-5-8-20(18)27/h2-9,13H,1,10-12,14H2,(H,28,30). The Hall–Kier alpha value is -3.51. The highest BCUT2D eigenvalue weighted by Crippen LogP contribution is 2.38. The van der Waals surface area contributed by atoms with Gasteiger partial charge in [0.1, 0.15) is 5.82 Å². The van der Waals surface area contributed by atoms with Gasteiger partial charge in [-0.1, -0.05) is 41.9 Å². The van der Waals surface area contributed by atoms with Crippen molar-refractivity contribution in [3.63, 3.8) is 0 Å². The lowest BCUT2D eigenvalue weighted by Crippen LogP contribution is -2.29. The first-order valence-corrected chi connectivity index (χ1v) is 10.5. The van der Waals surface area contributed by atoms with Crippen molar-refractivity contribution in [3.05, 3.63) is 88.3 Å². The lowest BCUT2D eigenvalue weighted by molar-refractivity contribution is -0.124. The number of esters is 1. The number of para-hydroxylation sites is 1. The van der Waals surface area contributed by atoms with Crippen molar-refractivity contribution in [2.24, 2.45) is 0 Å². The number of carbonyl (C=O) groups is 2. The number of benzene rings is 2. The fourth-order valence-corrected chi connectivity index (χ4v) is 3.99. The number of allylic oxidation sites excluding steroid dienone is 1. The maximum absolute atomic E-state index is 14.3. The molecule has 4 rings (SSSR count).